The lowest BCUT2D eigenvalue weighted by Crippen LogP contribution is -2.43. The van der Waals surface area contributed by atoms with Crippen LogP contribution in [0.5, 0.6) is 17.4 Å². The number of benzene rings is 1. The topological polar surface area (TPSA) is 72.9 Å². The van der Waals surface area contributed by atoms with E-state index in [1.165, 1.54) is 12.0 Å². The summed E-state index contributed by atoms with van der Waals surface area (Å²) in [6.45, 7) is 0.785. The van der Waals surface area contributed by atoms with Gasteiger partial charge in [-0.1, -0.05) is 12.1 Å². The molecule has 1 unspecified atom stereocenters. The summed E-state index contributed by atoms with van der Waals surface area (Å²) in [6, 6.07) is 10.7. The van der Waals surface area contributed by atoms with Crippen molar-refractivity contribution in [3.63, 3.8) is 0 Å². The molecular weight excluding hydrogens is 310 g/mol. The van der Waals surface area contributed by atoms with Crippen LogP contribution in [0.25, 0.3) is 0 Å². The van der Waals surface area contributed by atoms with Gasteiger partial charge in [-0.3, -0.25) is 0 Å². The first-order chi connectivity index (χ1) is 11.7. The molecule has 0 bridgehead atoms. The van der Waals surface area contributed by atoms with E-state index in [-0.39, 0.29) is 12.1 Å². The lowest BCUT2D eigenvalue weighted by atomic mass is 10.2. The molecule has 0 saturated heterocycles. The Kier molecular flexibility index (Phi) is 4.69. The van der Waals surface area contributed by atoms with E-state index in [2.05, 4.69) is 10.3 Å². The van der Waals surface area contributed by atoms with Crippen LogP contribution in [-0.4, -0.2) is 49.3 Å². The Labute approximate surface area is 140 Å². The first kappa shape index (κ1) is 15.9. The normalized spacial score (nSPS) is 15.5. The van der Waals surface area contributed by atoms with Gasteiger partial charge in [0.15, 0.2) is 17.6 Å². The van der Waals surface area contributed by atoms with Crippen LogP contribution in [0.2, 0.25) is 0 Å². The number of anilines is 1. The Bertz CT molecular complexity index is 722. The maximum absolute atomic E-state index is 12.3. The van der Waals surface area contributed by atoms with Crippen LogP contribution >= 0.6 is 0 Å². The summed E-state index contributed by atoms with van der Waals surface area (Å²) < 4.78 is 16.6. The minimum Gasteiger partial charge on any atom is -0.486 e. The molecule has 7 nitrogen and oxygen atoms in total. The van der Waals surface area contributed by atoms with Gasteiger partial charge in [0.1, 0.15) is 12.3 Å². The number of nitrogens with one attached hydrogen (secondary N) is 1. The van der Waals surface area contributed by atoms with Gasteiger partial charge in [0.2, 0.25) is 5.88 Å². The van der Waals surface area contributed by atoms with Gasteiger partial charge in [-0.2, -0.15) is 0 Å². The number of hydrogen-bond donors (Lipinski definition) is 1. The zero-order valence-corrected chi connectivity index (χ0v) is 13.6. The molecule has 2 amide bonds. The number of para-hydroxylation sites is 2. The molecule has 3 rings (SSSR count). The molecule has 1 aliphatic heterocycles. The van der Waals surface area contributed by atoms with Gasteiger partial charge in [0, 0.05) is 13.2 Å². The Hall–Kier alpha value is -2.96. The van der Waals surface area contributed by atoms with Crippen molar-refractivity contribution in [3.8, 4) is 17.4 Å². The Morgan fingerprint density at radius 3 is 2.92 bits per heavy atom. The van der Waals surface area contributed by atoms with E-state index in [9.17, 15) is 4.79 Å². The molecule has 1 aliphatic rings. The minimum atomic E-state index is -0.274. The summed E-state index contributed by atoms with van der Waals surface area (Å²) in [7, 11) is 3.20. The van der Waals surface area contributed by atoms with Crippen LogP contribution in [-0.2, 0) is 0 Å². The molecule has 2 aromatic rings. The van der Waals surface area contributed by atoms with Crippen molar-refractivity contribution in [1.29, 1.82) is 0 Å². The summed E-state index contributed by atoms with van der Waals surface area (Å²) in [4.78, 5) is 17.9. The number of likely N-dealkylation sites (N-methyl/N-ethyl adjacent to an activating group) is 1. The van der Waals surface area contributed by atoms with Crippen molar-refractivity contribution in [2.45, 2.75) is 6.10 Å². The van der Waals surface area contributed by atoms with Crippen molar-refractivity contribution in [1.82, 2.24) is 9.88 Å². The van der Waals surface area contributed by atoms with E-state index in [0.717, 1.165) is 5.75 Å². The maximum atomic E-state index is 12.3. The third-order valence-electron chi connectivity index (χ3n) is 3.60. The molecule has 0 spiro atoms. The molecule has 7 heteroatoms. The predicted molar refractivity (Wildman–Crippen MR) is 88.8 cm³/mol. The van der Waals surface area contributed by atoms with E-state index in [1.807, 2.05) is 24.3 Å². The number of urea groups is 1. The van der Waals surface area contributed by atoms with Gasteiger partial charge in [-0.15, -0.1) is 0 Å². The summed E-state index contributed by atoms with van der Waals surface area (Å²) in [5, 5.41) is 2.77. The Morgan fingerprint density at radius 1 is 1.33 bits per heavy atom. The minimum absolute atomic E-state index is 0.230. The number of carbonyl (C=O) groups is 1. The molecule has 24 heavy (non-hydrogen) atoms. The molecular formula is C17H19N3O4. The van der Waals surface area contributed by atoms with Crippen LogP contribution in [0.3, 0.4) is 0 Å². The van der Waals surface area contributed by atoms with E-state index >= 15 is 0 Å². The number of carbonyl (C=O) groups excluding carboxylic acids is 1. The lowest BCUT2D eigenvalue weighted by molar-refractivity contribution is 0.0731. The monoisotopic (exact) mass is 329 g/mol. The van der Waals surface area contributed by atoms with E-state index in [1.54, 1.807) is 25.4 Å². The van der Waals surface area contributed by atoms with Crippen LogP contribution < -0.4 is 19.5 Å². The highest BCUT2D eigenvalue weighted by Gasteiger charge is 2.24. The number of pyridine rings is 1. The van der Waals surface area contributed by atoms with E-state index < -0.39 is 0 Å². The number of amides is 2. The lowest BCUT2D eigenvalue weighted by Gasteiger charge is -2.29. The van der Waals surface area contributed by atoms with Crippen LogP contribution in [0, 0.1) is 0 Å². The second-order valence-electron chi connectivity index (χ2n) is 5.37. The first-order valence-corrected chi connectivity index (χ1v) is 7.57. The predicted octanol–water partition coefficient (Wildman–Crippen LogP) is 2.39. The molecule has 0 fully saturated rings. The van der Waals surface area contributed by atoms with Crippen LogP contribution in [0.1, 0.15) is 0 Å². The highest BCUT2D eigenvalue weighted by Crippen LogP contribution is 2.31. The molecule has 2 heterocycles. The number of ether oxygens (including phenoxy) is 3. The van der Waals surface area contributed by atoms with Crippen molar-refractivity contribution in [2.24, 2.45) is 0 Å². The quantitative estimate of drug-likeness (QED) is 0.932. The molecule has 1 N–H and O–H groups in total. The summed E-state index contributed by atoms with van der Waals surface area (Å²) in [6.07, 6.45) is 1.37. The standard InChI is InChI=1S/C17H19N3O4/c1-20(17(21)19-13-6-5-9-18-16(13)22-2)10-12-11-23-14-7-3-4-8-15(14)24-12/h3-9,12H,10-11H2,1-2H3,(H,19,21). The molecule has 1 aromatic heterocycles. The van der Waals surface area contributed by atoms with E-state index in [0.29, 0.717) is 30.5 Å². The van der Waals surface area contributed by atoms with Crippen LogP contribution in [0.4, 0.5) is 10.5 Å². The number of fused-ring (bicyclic) bond motifs is 1. The smallest absolute Gasteiger partial charge is 0.321 e. The molecule has 1 atom stereocenters. The van der Waals surface area contributed by atoms with Crippen molar-refractivity contribution < 1.29 is 19.0 Å². The third kappa shape index (κ3) is 3.51. The fraction of sp³-hybridized carbons (Fsp3) is 0.294. The summed E-state index contributed by atoms with van der Waals surface area (Å²) in [5.74, 6) is 1.78. The second kappa shape index (κ2) is 7.08. The second-order valence-corrected chi connectivity index (χ2v) is 5.37. The van der Waals surface area contributed by atoms with Gasteiger partial charge >= 0.3 is 6.03 Å². The van der Waals surface area contributed by atoms with Gasteiger partial charge in [-0.25, -0.2) is 9.78 Å². The molecule has 0 aliphatic carbocycles. The average Bonchev–Trinajstić information content (AvgIpc) is 2.62. The fourth-order valence-electron chi connectivity index (χ4n) is 2.40. The van der Waals surface area contributed by atoms with E-state index in [4.69, 9.17) is 14.2 Å². The summed E-state index contributed by atoms with van der Waals surface area (Å²) >= 11 is 0. The zero-order chi connectivity index (χ0) is 16.9. The third-order valence-corrected chi connectivity index (χ3v) is 3.60. The number of nitrogens with zero attached hydrogens (tertiary/aromatic N) is 2. The number of hydrogen-bond acceptors (Lipinski definition) is 5. The maximum Gasteiger partial charge on any atom is 0.321 e. The van der Waals surface area contributed by atoms with Gasteiger partial charge in [0.25, 0.3) is 0 Å². The highest BCUT2D eigenvalue weighted by atomic mass is 16.6. The van der Waals surface area contributed by atoms with Crippen molar-refractivity contribution >= 4 is 11.7 Å². The van der Waals surface area contributed by atoms with Gasteiger partial charge in [0.05, 0.1) is 13.7 Å². The number of rotatable bonds is 4. The zero-order valence-electron chi connectivity index (χ0n) is 13.6. The summed E-state index contributed by atoms with van der Waals surface area (Å²) in [5.41, 5.74) is 0.517. The van der Waals surface area contributed by atoms with Gasteiger partial charge < -0.3 is 24.4 Å². The molecule has 1 aromatic carbocycles. The Morgan fingerprint density at radius 2 is 2.12 bits per heavy atom. The van der Waals surface area contributed by atoms with Crippen molar-refractivity contribution in [2.75, 3.05) is 32.6 Å². The highest BCUT2D eigenvalue weighted by molar-refractivity contribution is 5.90. The molecule has 0 saturated carbocycles. The average molecular weight is 329 g/mol. The molecule has 126 valence electrons. The number of methoxy groups -OCH3 is 1. The molecule has 0 radical (unpaired) electrons. The van der Waals surface area contributed by atoms with Crippen molar-refractivity contribution in [3.05, 3.63) is 42.6 Å². The fourth-order valence-corrected chi connectivity index (χ4v) is 2.40. The largest absolute Gasteiger partial charge is 0.486 e. The number of aromatic nitrogens is 1. The first-order valence-electron chi connectivity index (χ1n) is 7.57. The Balaban J connectivity index is 1.59. The SMILES string of the molecule is COc1ncccc1NC(=O)N(C)CC1COc2ccccc2O1. The van der Waals surface area contributed by atoms with Gasteiger partial charge in [-0.05, 0) is 24.3 Å². The van der Waals surface area contributed by atoms with Crippen LogP contribution in [0.15, 0.2) is 42.6 Å².